The van der Waals surface area contributed by atoms with E-state index in [-0.39, 0.29) is 11.8 Å². The fraction of sp³-hybridized carbons (Fsp3) is 0.571. The monoisotopic (exact) mass is 279 g/mol. The highest BCUT2D eigenvalue weighted by Crippen LogP contribution is 2.09. The van der Waals surface area contributed by atoms with Gasteiger partial charge in [-0.25, -0.2) is 5.43 Å². The van der Waals surface area contributed by atoms with E-state index in [1.54, 1.807) is 0 Å². The molecule has 0 radical (unpaired) electrons. The minimum atomic E-state index is -0.353. The summed E-state index contributed by atoms with van der Waals surface area (Å²) in [6, 6.07) is 0. The van der Waals surface area contributed by atoms with Crippen LogP contribution in [-0.4, -0.2) is 11.8 Å². The Hall–Kier alpha value is -1.98. The second-order valence-electron chi connectivity index (χ2n) is 4.73. The first kappa shape index (κ1) is 16.1. The molecule has 0 aromatic carbocycles. The fourth-order valence-corrected chi connectivity index (χ4v) is 1.96. The van der Waals surface area contributed by atoms with Gasteiger partial charge in [0, 0.05) is 18.5 Å². The Bertz CT molecular complexity index is 402. The Labute approximate surface area is 118 Å². The van der Waals surface area contributed by atoms with Crippen molar-refractivity contribution in [1.82, 2.24) is 10.7 Å². The average molecular weight is 279 g/mol. The summed E-state index contributed by atoms with van der Waals surface area (Å²) in [7, 11) is 0. The maximum atomic E-state index is 11.6. The largest absolute Gasteiger partial charge is 0.326 e. The van der Waals surface area contributed by atoms with Gasteiger partial charge in [0.25, 0.3) is 0 Å². The van der Waals surface area contributed by atoms with Gasteiger partial charge in [-0.15, -0.1) is 4.91 Å². The molecule has 0 fully saturated rings. The Morgan fingerprint density at radius 1 is 1.05 bits per heavy atom. The van der Waals surface area contributed by atoms with Gasteiger partial charge < -0.3 is 5.32 Å². The number of rotatable bonds is 9. The van der Waals surface area contributed by atoms with Crippen LogP contribution < -0.4 is 10.7 Å². The predicted molar refractivity (Wildman–Crippen MR) is 76.2 cm³/mol. The molecule has 0 heterocycles. The SMILES string of the molecule is O=NNC(=O)CCCCCCC(=O)NC1=CCCC=C1. The number of hydrogen-bond acceptors (Lipinski definition) is 4. The molecule has 2 amide bonds. The third-order valence-corrected chi connectivity index (χ3v) is 3.01. The highest BCUT2D eigenvalue weighted by molar-refractivity contribution is 5.78. The van der Waals surface area contributed by atoms with Gasteiger partial charge in [0.2, 0.25) is 11.8 Å². The normalized spacial score (nSPS) is 13.5. The smallest absolute Gasteiger partial charge is 0.242 e. The third kappa shape index (κ3) is 7.45. The zero-order valence-electron chi connectivity index (χ0n) is 11.6. The van der Waals surface area contributed by atoms with Gasteiger partial charge in [-0.05, 0) is 31.8 Å². The first-order chi connectivity index (χ1) is 9.72. The average Bonchev–Trinajstić information content (AvgIpc) is 2.44. The lowest BCUT2D eigenvalue weighted by Gasteiger charge is -2.08. The quantitative estimate of drug-likeness (QED) is 0.386. The first-order valence-electron chi connectivity index (χ1n) is 7.00. The number of nitroso groups, excluding NO2 is 1. The predicted octanol–water partition coefficient (Wildman–Crippen LogP) is 2.47. The van der Waals surface area contributed by atoms with Crippen LogP contribution in [0.25, 0.3) is 0 Å². The second-order valence-corrected chi connectivity index (χ2v) is 4.73. The maximum absolute atomic E-state index is 11.6. The molecule has 0 aromatic rings. The first-order valence-corrected chi connectivity index (χ1v) is 7.00. The van der Waals surface area contributed by atoms with E-state index < -0.39 is 0 Å². The number of amides is 2. The van der Waals surface area contributed by atoms with Crippen LogP contribution in [0.15, 0.2) is 29.2 Å². The summed E-state index contributed by atoms with van der Waals surface area (Å²) in [5.41, 5.74) is 2.74. The summed E-state index contributed by atoms with van der Waals surface area (Å²) >= 11 is 0. The van der Waals surface area contributed by atoms with Crippen molar-refractivity contribution in [2.75, 3.05) is 0 Å². The van der Waals surface area contributed by atoms with E-state index in [1.807, 2.05) is 17.6 Å². The number of carbonyl (C=O) groups excluding carboxylic acids is 2. The van der Waals surface area contributed by atoms with Gasteiger partial charge in [0.15, 0.2) is 0 Å². The Morgan fingerprint density at radius 2 is 1.75 bits per heavy atom. The van der Waals surface area contributed by atoms with E-state index in [0.717, 1.165) is 37.8 Å². The highest BCUT2D eigenvalue weighted by atomic mass is 16.3. The van der Waals surface area contributed by atoms with E-state index in [2.05, 4.69) is 16.7 Å². The van der Waals surface area contributed by atoms with Crippen LogP contribution in [0, 0.1) is 4.91 Å². The summed E-state index contributed by atoms with van der Waals surface area (Å²) < 4.78 is 0. The second kappa shape index (κ2) is 9.89. The number of allylic oxidation sites excluding steroid dienone is 3. The molecule has 0 bridgehead atoms. The number of nitrogens with one attached hydrogen (secondary N) is 2. The molecule has 0 atom stereocenters. The lowest BCUT2D eigenvalue weighted by atomic mass is 10.1. The van der Waals surface area contributed by atoms with Crippen molar-refractivity contribution in [1.29, 1.82) is 0 Å². The van der Waals surface area contributed by atoms with Crippen molar-refractivity contribution in [2.24, 2.45) is 5.29 Å². The van der Waals surface area contributed by atoms with Gasteiger partial charge >= 0.3 is 0 Å². The minimum Gasteiger partial charge on any atom is -0.326 e. The zero-order chi connectivity index (χ0) is 14.6. The summed E-state index contributed by atoms with van der Waals surface area (Å²) in [6.45, 7) is 0. The van der Waals surface area contributed by atoms with E-state index in [0.29, 0.717) is 19.3 Å². The van der Waals surface area contributed by atoms with Crippen molar-refractivity contribution >= 4 is 11.8 Å². The molecule has 0 spiro atoms. The van der Waals surface area contributed by atoms with E-state index in [9.17, 15) is 14.5 Å². The maximum Gasteiger partial charge on any atom is 0.242 e. The lowest BCUT2D eigenvalue weighted by Crippen LogP contribution is -2.21. The molecule has 6 nitrogen and oxygen atoms in total. The molecule has 6 heteroatoms. The minimum absolute atomic E-state index is 0.0331. The van der Waals surface area contributed by atoms with Crippen LogP contribution in [0.2, 0.25) is 0 Å². The molecule has 0 aliphatic heterocycles. The molecule has 110 valence electrons. The van der Waals surface area contributed by atoms with E-state index in [4.69, 9.17) is 0 Å². The molecule has 0 saturated heterocycles. The Morgan fingerprint density at radius 3 is 2.35 bits per heavy atom. The van der Waals surface area contributed by atoms with Gasteiger partial charge in [0.1, 0.15) is 0 Å². The van der Waals surface area contributed by atoms with Gasteiger partial charge in [-0.3, -0.25) is 9.59 Å². The topological polar surface area (TPSA) is 87.6 Å². The zero-order valence-corrected chi connectivity index (χ0v) is 11.6. The molecule has 0 saturated carbocycles. The number of hydrogen-bond donors (Lipinski definition) is 2. The summed E-state index contributed by atoms with van der Waals surface area (Å²) in [4.78, 5) is 32.3. The van der Waals surface area contributed by atoms with Crippen LogP contribution in [0.4, 0.5) is 0 Å². The number of unbranched alkanes of at least 4 members (excludes halogenated alkanes) is 3. The van der Waals surface area contributed by atoms with Crippen LogP contribution in [-0.2, 0) is 9.59 Å². The summed E-state index contributed by atoms with van der Waals surface area (Å²) in [5, 5.41) is 5.18. The molecular weight excluding hydrogens is 258 g/mol. The fourth-order valence-electron chi connectivity index (χ4n) is 1.96. The van der Waals surface area contributed by atoms with Crippen molar-refractivity contribution < 1.29 is 9.59 Å². The summed E-state index contributed by atoms with van der Waals surface area (Å²) in [6.07, 6.45) is 12.1. The van der Waals surface area contributed by atoms with Crippen LogP contribution in [0.5, 0.6) is 0 Å². The van der Waals surface area contributed by atoms with Crippen molar-refractivity contribution in [3.05, 3.63) is 28.8 Å². The number of nitrogens with zero attached hydrogens (tertiary/aromatic N) is 1. The van der Waals surface area contributed by atoms with Crippen LogP contribution in [0.3, 0.4) is 0 Å². The highest BCUT2D eigenvalue weighted by Gasteiger charge is 2.04. The molecule has 1 rings (SSSR count). The Kier molecular flexibility index (Phi) is 7.95. The van der Waals surface area contributed by atoms with Crippen LogP contribution >= 0.6 is 0 Å². The molecule has 1 aliphatic rings. The van der Waals surface area contributed by atoms with Crippen molar-refractivity contribution in [3.8, 4) is 0 Å². The number of carbonyl (C=O) groups is 2. The van der Waals surface area contributed by atoms with Crippen molar-refractivity contribution in [3.63, 3.8) is 0 Å². The van der Waals surface area contributed by atoms with E-state index in [1.165, 1.54) is 0 Å². The van der Waals surface area contributed by atoms with E-state index >= 15 is 0 Å². The molecule has 2 N–H and O–H groups in total. The summed E-state index contributed by atoms with van der Waals surface area (Å²) in [5.74, 6) is -0.320. The molecule has 1 aliphatic carbocycles. The molecular formula is C14H21N3O3. The molecule has 0 unspecified atom stereocenters. The van der Waals surface area contributed by atoms with Gasteiger partial charge in [-0.1, -0.05) is 25.0 Å². The van der Waals surface area contributed by atoms with Gasteiger partial charge in [0.05, 0.1) is 5.29 Å². The third-order valence-electron chi connectivity index (χ3n) is 3.01. The van der Waals surface area contributed by atoms with Crippen molar-refractivity contribution in [2.45, 2.75) is 51.4 Å². The molecule has 0 aromatic heterocycles. The Balaban J connectivity index is 1.99. The lowest BCUT2D eigenvalue weighted by molar-refractivity contribution is -0.121. The standard InChI is InChI=1S/C14H21N3O3/c18-13(15-12-8-4-3-5-9-12)10-6-1-2-7-11-14(19)16-17-20/h4,8-9H,1-3,5-7,10-11H2,(H,15,18)(H,16,19,20). The van der Waals surface area contributed by atoms with Gasteiger partial charge in [-0.2, -0.15) is 0 Å². The van der Waals surface area contributed by atoms with Crippen LogP contribution in [0.1, 0.15) is 51.4 Å². The molecule has 20 heavy (non-hydrogen) atoms.